The molecule has 37 heavy (non-hydrogen) atoms. The van der Waals surface area contributed by atoms with Crippen LogP contribution in [0.5, 0.6) is 5.75 Å². The Balaban J connectivity index is 1.07. The third-order valence-electron chi connectivity index (χ3n) is 8.40. The number of pyridine rings is 3. The number of nitrogens with one attached hydrogen (secondary N) is 2. The quantitative estimate of drug-likeness (QED) is 0.477. The summed E-state index contributed by atoms with van der Waals surface area (Å²) in [5.74, 6) is 0.155. The van der Waals surface area contributed by atoms with Crippen molar-refractivity contribution in [2.45, 2.75) is 61.9 Å². The molecular formula is C26H26FN5O5. The molecule has 3 N–H and O–H groups in total. The predicted octanol–water partition coefficient (Wildman–Crippen LogP) is 1.72. The van der Waals surface area contributed by atoms with Crippen LogP contribution >= 0.6 is 0 Å². The van der Waals surface area contributed by atoms with E-state index in [9.17, 15) is 19.1 Å². The van der Waals surface area contributed by atoms with Crippen molar-refractivity contribution in [2.75, 3.05) is 18.5 Å². The standard InChI is InChI=1S/C26H26FN5O5/c27-16-10-28-17-2-4-20(34)32-13-26(35,21(16)22(17)32)12-25-7-5-24(6-8-25,14-37-25)29-9-15-1-3-18-23(30-15)31-19(33)11-36-18/h1-4,10,29,35H,5-9,11-14H2,(H,30,31,33)/t24?,25?,26-/m1/s1. The van der Waals surface area contributed by atoms with Gasteiger partial charge in [0.2, 0.25) is 0 Å². The van der Waals surface area contributed by atoms with E-state index in [0.29, 0.717) is 48.6 Å². The van der Waals surface area contributed by atoms with Gasteiger partial charge in [-0.05, 0) is 43.9 Å². The van der Waals surface area contributed by atoms with Crippen LogP contribution in [-0.2, 0) is 28.2 Å². The van der Waals surface area contributed by atoms with Gasteiger partial charge < -0.3 is 29.8 Å². The van der Waals surface area contributed by atoms with Crippen molar-refractivity contribution in [1.82, 2.24) is 19.9 Å². The first kappa shape index (κ1) is 22.8. The maximum atomic E-state index is 15.0. The molecule has 192 valence electrons. The Morgan fingerprint density at radius 1 is 1.16 bits per heavy atom. The Morgan fingerprint density at radius 3 is 2.78 bits per heavy atom. The summed E-state index contributed by atoms with van der Waals surface area (Å²) < 4.78 is 28.2. The molecule has 1 aliphatic carbocycles. The minimum Gasteiger partial charge on any atom is -0.480 e. The van der Waals surface area contributed by atoms with Gasteiger partial charge >= 0.3 is 0 Å². The number of rotatable bonds is 5. The van der Waals surface area contributed by atoms with E-state index in [0.717, 1.165) is 24.7 Å². The average Bonchev–Trinajstić information content (AvgIpc) is 3.21. The summed E-state index contributed by atoms with van der Waals surface area (Å²) in [6, 6.07) is 6.64. The molecule has 0 spiro atoms. The summed E-state index contributed by atoms with van der Waals surface area (Å²) in [5.41, 5.74) is -0.887. The highest BCUT2D eigenvalue weighted by atomic mass is 19.1. The average molecular weight is 508 g/mol. The number of nitrogens with zero attached hydrogens (tertiary/aromatic N) is 3. The van der Waals surface area contributed by atoms with Crippen LogP contribution in [0.4, 0.5) is 10.2 Å². The molecule has 2 bridgehead atoms. The van der Waals surface area contributed by atoms with Gasteiger partial charge in [-0.15, -0.1) is 0 Å². The van der Waals surface area contributed by atoms with Crippen LogP contribution in [0.15, 0.2) is 35.3 Å². The van der Waals surface area contributed by atoms with Crippen LogP contribution in [0.25, 0.3) is 11.0 Å². The second-order valence-corrected chi connectivity index (χ2v) is 10.8. The number of fused-ring (bicyclic) bond motifs is 4. The maximum Gasteiger partial charge on any atom is 0.263 e. The number of amides is 1. The van der Waals surface area contributed by atoms with Gasteiger partial charge in [0.1, 0.15) is 11.4 Å². The number of carbonyl (C=O) groups excluding carboxylic acids is 1. The van der Waals surface area contributed by atoms with Crippen molar-refractivity contribution in [2.24, 2.45) is 0 Å². The van der Waals surface area contributed by atoms with E-state index in [4.69, 9.17) is 9.47 Å². The zero-order valence-corrected chi connectivity index (χ0v) is 20.1. The molecule has 0 radical (unpaired) electrons. The summed E-state index contributed by atoms with van der Waals surface area (Å²) in [4.78, 5) is 32.7. The molecule has 3 aromatic heterocycles. The van der Waals surface area contributed by atoms with Crippen molar-refractivity contribution in [3.8, 4) is 5.75 Å². The summed E-state index contributed by atoms with van der Waals surface area (Å²) in [7, 11) is 0. The van der Waals surface area contributed by atoms with Gasteiger partial charge in [0.15, 0.2) is 18.2 Å². The van der Waals surface area contributed by atoms with Gasteiger partial charge in [-0.25, -0.2) is 9.37 Å². The Bertz CT molecular complexity index is 1500. The predicted molar refractivity (Wildman–Crippen MR) is 130 cm³/mol. The van der Waals surface area contributed by atoms with Gasteiger partial charge in [0, 0.05) is 30.1 Å². The van der Waals surface area contributed by atoms with Crippen molar-refractivity contribution in [1.29, 1.82) is 0 Å². The molecule has 8 rings (SSSR count). The van der Waals surface area contributed by atoms with Crippen LogP contribution in [0.2, 0.25) is 0 Å². The molecular weight excluding hydrogens is 481 g/mol. The van der Waals surface area contributed by atoms with Crippen molar-refractivity contribution in [3.05, 3.63) is 57.9 Å². The van der Waals surface area contributed by atoms with Crippen LogP contribution in [0, 0.1) is 5.82 Å². The van der Waals surface area contributed by atoms with E-state index in [1.165, 1.54) is 10.6 Å². The van der Waals surface area contributed by atoms with E-state index in [-0.39, 0.29) is 42.1 Å². The van der Waals surface area contributed by atoms with E-state index in [1.54, 1.807) is 12.1 Å². The molecule has 5 aliphatic rings. The van der Waals surface area contributed by atoms with Gasteiger partial charge in [0.05, 0.1) is 41.7 Å². The Morgan fingerprint density at radius 2 is 2.00 bits per heavy atom. The number of hydrogen-bond acceptors (Lipinski definition) is 8. The summed E-state index contributed by atoms with van der Waals surface area (Å²) >= 11 is 0. The zero-order chi connectivity index (χ0) is 25.4. The SMILES string of the molecule is O=C1COc2ccc(CNC34CCC(C[C@@]5(O)Cn6c(=O)ccc7ncc(F)c5c76)(CC3)OC4)nc2N1. The first-order valence-corrected chi connectivity index (χ1v) is 12.5. The summed E-state index contributed by atoms with van der Waals surface area (Å²) in [6.07, 6.45) is 4.38. The normalized spacial score (nSPS) is 29.7. The zero-order valence-electron chi connectivity index (χ0n) is 20.1. The number of ether oxygens (including phenoxy) is 2. The van der Waals surface area contributed by atoms with Gasteiger partial charge in [-0.1, -0.05) is 0 Å². The lowest BCUT2D eigenvalue weighted by atomic mass is 9.67. The molecule has 0 aromatic carbocycles. The third kappa shape index (κ3) is 3.56. The number of halogens is 1. The topological polar surface area (TPSA) is 128 Å². The fraction of sp³-hybridized carbons (Fsp3) is 0.462. The van der Waals surface area contributed by atoms with E-state index < -0.39 is 17.0 Å². The van der Waals surface area contributed by atoms with E-state index in [1.807, 2.05) is 6.07 Å². The largest absolute Gasteiger partial charge is 0.480 e. The molecule has 3 fully saturated rings. The number of carbonyl (C=O) groups is 1. The Kier molecular flexibility index (Phi) is 4.80. The fourth-order valence-electron chi connectivity index (χ4n) is 6.46. The van der Waals surface area contributed by atoms with E-state index >= 15 is 0 Å². The van der Waals surface area contributed by atoms with Crippen molar-refractivity contribution >= 4 is 22.8 Å². The minimum absolute atomic E-state index is 0.00882. The molecule has 2 saturated heterocycles. The highest BCUT2D eigenvalue weighted by Gasteiger charge is 2.55. The monoisotopic (exact) mass is 507 g/mol. The lowest BCUT2D eigenvalue weighted by molar-refractivity contribution is -0.192. The molecule has 1 saturated carbocycles. The number of aromatic nitrogens is 3. The van der Waals surface area contributed by atoms with Crippen molar-refractivity contribution in [3.63, 3.8) is 0 Å². The van der Waals surface area contributed by atoms with Crippen LogP contribution in [-0.4, -0.2) is 49.9 Å². The molecule has 4 aliphatic heterocycles. The number of aliphatic hydroxyl groups is 1. The molecule has 3 aromatic rings. The molecule has 0 unspecified atom stereocenters. The van der Waals surface area contributed by atoms with Crippen LogP contribution < -0.4 is 20.9 Å². The second-order valence-electron chi connectivity index (χ2n) is 10.8. The maximum absolute atomic E-state index is 15.0. The summed E-state index contributed by atoms with van der Waals surface area (Å²) in [5, 5.41) is 18.1. The molecule has 7 heterocycles. The smallest absolute Gasteiger partial charge is 0.263 e. The highest BCUT2D eigenvalue weighted by molar-refractivity contribution is 5.94. The number of anilines is 1. The molecule has 10 nitrogen and oxygen atoms in total. The lowest BCUT2D eigenvalue weighted by Crippen LogP contribution is -2.62. The van der Waals surface area contributed by atoms with E-state index in [2.05, 4.69) is 20.6 Å². The Hall–Kier alpha value is -3.41. The fourth-order valence-corrected chi connectivity index (χ4v) is 6.46. The second kappa shape index (κ2) is 7.80. The van der Waals surface area contributed by atoms with Crippen LogP contribution in [0.1, 0.15) is 43.4 Å². The molecule has 1 amide bonds. The van der Waals surface area contributed by atoms with Crippen molar-refractivity contribution < 1.29 is 23.8 Å². The Labute approximate surface area is 210 Å². The molecule has 11 heteroatoms. The highest BCUT2D eigenvalue weighted by Crippen LogP contribution is 2.51. The third-order valence-corrected chi connectivity index (χ3v) is 8.40. The van der Waals surface area contributed by atoms with Crippen LogP contribution in [0.3, 0.4) is 0 Å². The van der Waals surface area contributed by atoms with Gasteiger partial charge in [-0.3, -0.25) is 14.6 Å². The first-order valence-electron chi connectivity index (χ1n) is 12.5. The lowest BCUT2D eigenvalue weighted by Gasteiger charge is -2.55. The first-order chi connectivity index (χ1) is 17.8. The van der Waals surface area contributed by atoms with Gasteiger partial charge in [-0.2, -0.15) is 0 Å². The minimum atomic E-state index is -1.55. The number of hydrogen-bond donors (Lipinski definition) is 3. The van der Waals surface area contributed by atoms with Gasteiger partial charge in [0.25, 0.3) is 11.5 Å². The summed E-state index contributed by atoms with van der Waals surface area (Å²) in [6.45, 7) is 0.932. The molecule has 1 atom stereocenters.